The maximum absolute atomic E-state index is 12.0. The molecule has 128 valence electrons. The quantitative estimate of drug-likeness (QED) is 0.603. The van der Waals surface area contributed by atoms with Gasteiger partial charge in [0.05, 0.1) is 0 Å². The first-order valence-electron chi connectivity index (χ1n) is 8.07. The highest BCUT2D eigenvalue weighted by Gasteiger charge is 2.33. The van der Waals surface area contributed by atoms with Gasteiger partial charge in [0.2, 0.25) is 0 Å². The molecule has 1 saturated carbocycles. The van der Waals surface area contributed by atoms with Gasteiger partial charge in [-0.25, -0.2) is 4.79 Å². The maximum Gasteiger partial charge on any atom is 0.410 e. The Kier molecular flexibility index (Phi) is 6.50. The molecule has 6 nitrogen and oxygen atoms in total. The number of hydrogen-bond acceptors (Lipinski definition) is 3. The number of carbonyl (C=O) groups excluding carboxylic acids is 1. The number of nitrogens with zero attached hydrogens (tertiary/aromatic N) is 2. The highest BCUT2D eigenvalue weighted by Crippen LogP contribution is 2.28. The minimum Gasteiger partial charge on any atom is -0.444 e. The molecular formula is C16H32N4O2. The van der Waals surface area contributed by atoms with E-state index in [1.165, 1.54) is 6.42 Å². The van der Waals surface area contributed by atoms with Crippen molar-refractivity contribution in [1.82, 2.24) is 15.5 Å². The molecule has 0 aliphatic heterocycles. The van der Waals surface area contributed by atoms with E-state index in [0.717, 1.165) is 24.8 Å². The monoisotopic (exact) mass is 312 g/mol. The van der Waals surface area contributed by atoms with E-state index in [-0.39, 0.29) is 12.1 Å². The van der Waals surface area contributed by atoms with E-state index in [9.17, 15) is 4.79 Å². The van der Waals surface area contributed by atoms with E-state index in [1.807, 2.05) is 27.7 Å². The fourth-order valence-corrected chi connectivity index (χ4v) is 2.00. The van der Waals surface area contributed by atoms with Crippen molar-refractivity contribution in [3.05, 3.63) is 0 Å². The lowest BCUT2D eigenvalue weighted by atomic mass is 10.2. The zero-order valence-electron chi connectivity index (χ0n) is 15.1. The summed E-state index contributed by atoms with van der Waals surface area (Å²) in [5, 5.41) is 6.68. The first-order chi connectivity index (χ1) is 10.1. The SMILES string of the molecule is CN=C(NCCC(C)N(C)C(=O)OC(C)(C)C)NC1CC1C. The van der Waals surface area contributed by atoms with Gasteiger partial charge in [0.25, 0.3) is 0 Å². The summed E-state index contributed by atoms with van der Waals surface area (Å²) in [7, 11) is 3.55. The predicted molar refractivity (Wildman–Crippen MR) is 90.1 cm³/mol. The van der Waals surface area contributed by atoms with Gasteiger partial charge in [-0.1, -0.05) is 6.92 Å². The van der Waals surface area contributed by atoms with E-state index in [1.54, 1.807) is 19.0 Å². The van der Waals surface area contributed by atoms with Crippen LogP contribution in [0.3, 0.4) is 0 Å². The number of rotatable bonds is 5. The number of hydrogen-bond donors (Lipinski definition) is 2. The molecule has 0 heterocycles. The lowest BCUT2D eigenvalue weighted by Crippen LogP contribution is -2.43. The Labute approximate surface area is 134 Å². The molecule has 1 aliphatic rings. The molecular weight excluding hydrogens is 280 g/mol. The van der Waals surface area contributed by atoms with Gasteiger partial charge in [-0.3, -0.25) is 4.99 Å². The molecule has 0 spiro atoms. The normalized spacial score (nSPS) is 22.8. The van der Waals surface area contributed by atoms with Crippen LogP contribution in [0, 0.1) is 5.92 Å². The van der Waals surface area contributed by atoms with Crippen LogP contribution in [0.1, 0.15) is 47.5 Å². The Morgan fingerprint density at radius 3 is 2.50 bits per heavy atom. The van der Waals surface area contributed by atoms with E-state index in [2.05, 4.69) is 22.5 Å². The topological polar surface area (TPSA) is 66.0 Å². The fraction of sp³-hybridized carbons (Fsp3) is 0.875. The summed E-state index contributed by atoms with van der Waals surface area (Å²) in [4.78, 5) is 17.9. The number of carbonyl (C=O) groups is 1. The number of ether oxygens (including phenoxy) is 1. The van der Waals surface area contributed by atoms with Crippen LogP contribution in [0.4, 0.5) is 4.79 Å². The zero-order chi connectivity index (χ0) is 16.9. The van der Waals surface area contributed by atoms with Crippen molar-refractivity contribution in [2.24, 2.45) is 10.9 Å². The van der Waals surface area contributed by atoms with Gasteiger partial charge in [0, 0.05) is 32.7 Å². The fourth-order valence-electron chi connectivity index (χ4n) is 2.00. The third kappa shape index (κ3) is 6.54. The van der Waals surface area contributed by atoms with E-state index in [4.69, 9.17) is 4.74 Å². The molecule has 3 unspecified atom stereocenters. The van der Waals surface area contributed by atoms with E-state index in [0.29, 0.717) is 6.04 Å². The van der Waals surface area contributed by atoms with Crippen molar-refractivity contribution >= 4 is 12.1 Å². The summed E-state index contributed by atoms with van der Waals surface area (Å²) >= 11 is 0. The van der Waals surface area contributed by atoms with Crippen LogP contribution in [-0.2, 0) is 4.74 Å². The third-order valence-electron chi connectivity index (χ3n) is 3.85. The Morgan fingerprint density at radius 1 is 1.45 bits per heavy atom. The smallest absolute Gasteiger partial charge is 0.410 e. The summed E-state index contributed by atoms with van der Waals surface area (Å²) in [5.74, 6) is 1.57. The molecule has 0 radical (unpaired) electrons. The van der Waals surface area contributed by atoms with Gasteiger partial charge in [0.1, 0.15) is 5.60 Å². The molecule has 1 rings (SSSR count). The molecule has 0 aromatic heterocycles. The van der Waals surface area contributed by atoms with Crippen LogP contribution in [0.2, 0.25) is 0 Å². The van der Waals surface area contributed by atoms with Crippen LogP contribution < -0.4 is 10.6 Å². The van der Waals surface area contributed by atoms with Crippen LogP contribution in [0.15, 0.2) is 4.99 Å². The second-order valence-corrected chi connectivity index (χ2v) is 7.19. The van der Waals surface area contributed by atoms with Gasteiger partial charge in [-0.05, 0) is 46.5 Å². The molecule has 0 aromatic carbocycles. The minimum atomic E-state index is -0.462. The average Bonchev–Trinajstić information content (AvgIpc) is 3.09. The molecule has 0 bridgehead atoms. The van der Waals surface area contributed by atoms with Gasteiger partial charge < -0.3 is 20.3 Å². The van der Waals surface area contributed by atoms with Crippen LogP contribution in [-0.4, -0.2) is 55.3 Å². The summed E-state index contributed by atoms with van der Waals surface area (Å²) < 4.78 is 5.37. The Balaban J connectivity index is 2.29. The van der Waals surface area contributed by atoms with E-state index < -0.39 is 5.60 Å². The van der Waals surface area contributed by atoms with Gasteiger partial charge in [-0.2, -0.15) is 0 Å². The molecule has 6 heteroatoms. The lowest BCUT2D eigenvalue weighted by molar-refractivity contribution is 0.0230. The van der Waals surface area contributed by atoms with Crippen molar-refractivity contribution < 1.29 is 9.53 Å². The second kappa shape index (κ2) is 7.70. The Morgan fingerprint density at radius 2 is 2.05 bits per heavy atom. The molecule has 0 aromatic rings. The number of amides is 1. The van der Waals surface area contributed by atoms with Crippen LogP contribution in [0.5, 0.6) is 0 Å². The van der Waals surface area contributed by atoms with Crippen molar-refractivity contribution in [1.29, 1.82) is 0 Å². The van der Waals surface area contributed by atoms with Crippen molar-refractivity contribution in [3.63, 3.8) is 0 Å². The summed E-state index contributed by atoms with van der Waals surface area (Å²) in [6.45, 7) is 10.6. The zero-order valence-corrected chi connectivity index (χ0v) is 15.1. The molecule has 22 heavy (non-hydrogen) atoms. The number of guanidine groups is 1. The summed E-state index contributed by atoms with van der Waals surface area (Å²) in [6, 6.07) is 0.647. The Hall–Kier alpha value is -1.46. The Bertz CT molecular complexity index is 403. The molecule has 3 atom stereocenters. The minimum absolute atomic E-state index is 0.0975. The number of aliphatic imine (C=N–C) groups is 1. The van der Waals surface area contributed by atoms with Gasteiger partial charge in [-0.15, -0.1) is 0 Å². The maximum atomic E-state index is 12.0. The standard InChI is InChI=1S/C16H32N4O2/c1-11-10-13(11)19-14(17-6)18-9-8-12(2)20(7)15(21)22-16(3,4)5/h11-13H,8-10H2,1-7H3,(H2,17,18,19). The molecule has 1 amide bonds. The highest BCUT2D eigenvalue weighted by atomic mass is 16.6. The van der Waals surface area contributed by atoms with Gasteiger partial charge in [0.15, 0.2) is 5.96 Å². The van der Waals surface area contributed by atoms with Crippen LogP contribution in [0.25, 0.3) is 0 Å². The first-order valence-corrected chi connectivity index (χ1v) is 8.07. The lowest BCUT2D eigenvalue weighted by Gasteiger charge is -2.28. The summed E-state index contributed by atoms with van der Waals surface area (Å²) in [5.41, 5.74) is -0.462. The number of nitrogens with one attached hydrogen (secondary N) is 2. The first kappa shape index (κ1) is 18.6. The highest BCUT2D eigenvalue weighted by molar-refractivity contribution is 5.80. The molecule has 1 fully saturated rings. The molecule has 1 aliphatic carbocycles. The van der Waals surface area contributed by atoms with Crippen molar-refractivity contribution in [3.8, 4) is 0 Å². The van der Waals surface area contributed by atoms with Crippen molar-refractivity contribution in [2.45, 2.75) is 65.1 Å². The molecule has 2 N–H and O–H groups in total. The van der Waals surface area contributed by atoms with Crippen molar-refractivity contribution in [2.75, 3.05) is 20.6 Å². The largest absolute Gasteiger partial charge is 0.444 e. The van der Waals surface area contributed by atoms with Crippen LogP contribution >= 0.6 is 0 Å². The average molecular weight is 312 g/mol. The third-order valence-corrected chi connectivity index (χ3v) is 3.85. The van der Waals surface area contributed by atoms with E-state index >= 15 is 0 Å². The predicted octanol–water partition coefficient (Wildman–Crippen LogP) is 2.21. The molecule has 0 saturated heterocycles. The second-order valence-electron chi connectivity index (χ2n) is 7.19. The summed E-state index contributed by atoms with van der Waals surface area (Å²) in [6.07, 6.45) is 1.75. The van der Waals surface area contributed by atoms with Gasteiger partial charge >= 0.3 is 6.09 Å².